The van der Waals surface area contributed by atoms with Gasteiger partial charge in [-0.3, -0.25) is 4.90 Å². The Morgan fingerprint density at radius 2 is 1.91 bits per heavy atom. The van der Waals surface area contributed by atoms with Gasteiger partial charge in [0.2, 0.25) is 0 Å². The molecule has 22 heavy (non-hydrogen) atoms. The number of piperazine rings is 1. The van der Waals surface area contributed by atoms with Crippen LogP contribution in [0.5, 0.6) is 0 Å². The fraction of sp³-hybridized carbons (Fsp3) is 0.750. The van der Waals surface area contributed by atoms with E-state index in [0.717, 1.165) is 26.2 Å². The average Bonchev–Trinajstić information content (AvgIpc) is 2.50. The number of nitrogens with zero attached hydrogens (tertiary/aromatic N) is 4. The van der Waals surface area contributed by atoms with E-state index in [9.17, 15) is 4.39 Å². The first-order valence-corrected chi connectivity index (χ1v) is 8.18. The van der Waals surface area contributed by atoms with Gasteiger partial charge in [0.15, 0.2) is 11.6 Å². The number of halogens is 1. The molecular formula is C16H28FN5. The standard InChI is InChI=1S/C16H28FN5/c1-5-13-15(17)16(20-11-19-13)18-10-14(12(2)3)22-8-6-21(4)7-9-22/h11-12,14H,5-10H2,1-4H3,(H,18,19,20). The highest BCUT2D eigenvalue weighted by atomic mass is 19.1. The summed E-state index contributed by atoms with van der Waals surface area (Å²) in [5.74, 6) is 0.518. The molecule has 1 aromatic rings. The van der Waals surface area contributed by atoms with Crippen LogP contribution in [0.1, 0.15) is 26.5 Å². The van der Waals surface area contributed by atoms with Gasteiger partial charge in [-0.25, -0.2) is 14.4 Å². The van der Waals surface area contributed by atoms with Crippen molar-refractivity contribution in [3.05, 3.63) is 17.8 Å². The van der Waals surface area contributed by atoms with Crippen LogP contribution in [0, 0.1) is 11.7 Å². The maximum absolute atomic E-state index is 14.2. The van der Waals surface area contributed by atoms with Crippen molar-refractivity contribution in [1.29, 1.82) is 0 Å². The lowest BCUT2D eigenvalue weighted by Gasteiger charge is -2.40. The third-order valence-electron chi connectivity index (χ3n) is 4.45. The van der Waals surface area contributed by atoms with Crippen LogP contribution in [0.25, 0.3) is 0 Å². The van der Waals surface area contributed by atoms with E-state index < -0.39 is 0 Å². The van der Waals surface area contributed by atoms with Crippen molar-refractivity contribution in [2.24, 2.45) is 5.92 Å². The fourth-order valence-electron chi connectivity index (χ4n) is 2.92. The Balaban J connectivity index is 2.00. The molecular weight excluding hydrogens is 281 g/mol. The van der Waals surface area contributed by atoms with E-state index in [1.807, 2.05) is 6.92 Å². The van der Waals surface area contributed by atoms with Crippen molar-refractivity contribution in [2.75, 3.05) is 45.1 Å². The van der Waals surface area contributed by atoms with Crippen molar-refractivity contribution in [3.8, 4) is 0 Å². The van der Waals surface area contributed by atoms with Gasteiger partial charge >= 0.3 is 0 Å². The Morgan fingerprint density at radius 1 is 1.23 bits per heavy atom. The fourth-order valence-corrected chi connectivity index (χ4v) is 2.92. The number of rotatable bonds is 6. The molecule has 1 N–H and O–H groups in total. The van der Waals surface area contributed by atoms with Crippen molar-refractivity contribution in [3.63, 3.8) is 0 Å². The molecule has 1 fully saturated rings. The summed E-state index contributed by atoms with van der Waals surface area (Å²) in [5, 5.41) is 3.20. The van der Waals surface area contributed by atoms with Gasteiger partial charge in [0.1, 0.15) is 6.33 Å². The number of aromatic nitrogens is 2. The summed E-state index contributed by atoms with van der Waals surface area (Å²) in [6.07, 6.45) is 2.01. The zero-order valence-corrected chi connectivity index (χ0v) is 14.1. The van der Waals surface area contributed by atoms with Crippen molar-refractivity contribution in [2.45, 2.75) is 33.2 Å². The van der Waals surface area contributed by atoms with Crippen LogP contribution in [0.4, 0.5) is 10.2 Å². The van der Waals surface area contributed by atoms with Crippen LogP contribution in [-0.4, -0.2) is 65.6 Å². The average molecular weight is 309 g/mol. The van der Waals surface area contributed by atoms with E-state index in [0.29, 0.717) is 36.4 Å². The summed E-state index contributed by atoms with van der Waals surface area (Å²) in [6, 6.07) is 0.383. The van der Waals surface area contributed by atoms with Gasteiger partial charge in [0.25, 0.3) is 0 Å². The third-order valence-corrected chi connectivity index (χ3v) is 4.45. The molecule has 0 amide bonds. The normalized spacial score (nSPS) is 18.6. The third kappa shape index (κ3) is 4.14. The molecule has 1 aliphatic heterocycles. The molecule has 0 spiro atoms. The number of likely N-dealkylation sites (N-methyl/N-ethyl adjacent to an activating group) is 1. The van der Waals surface area contributed by atoms with E-state index in [1.54, 1.807) is 0 Å². The quantitative estimate of drug-likeness (QED) is 0.869. The summed E-state index contributed by atoms with van der Waals surface area (Å²) in [4.78, 5) is 12.9. The zero-order valence-electron chi connectivity index (χ0n) is 14.1. The first-order valence-electron chi connectivity index (χ1n) is 8.18. The monoisotopic (exact) mass is 309 g/mol. The second-order valence-corrected chi connectivity index (χ2v) is 6.37. The van der Waals surface area contributed by atoms with Crippen molar-refractivity contribution in [1.82, 2.24) is 19.8 Å². The molecule has 0 radical (unpaired) electrons. The van der Waals surface area contributed by atoms with E-state index in [4.69, 9.17) is 0 Å². The molecule has 6 heteroatoms. The summed E-state index contributed by atoms with van der Waals surface area (Å²) < 4.78 is 14.2. The molecule has 1 saturated heterocycles. The minimum Gasteiger partial charge on any atom is -0.366 e. The van der Waals surface area contributed by atoms with Crippen LogP contribution in [0.2, 0.25) is 0 Å². The van der Waals surface area contributed by atoms with E-state index in [-0.39, 0.29) is 5.82 Å². The van der Waals surface area contributed by atoms with E-state index >= 15 is 0 Å². The van der Waals surface area contributed by atoms with Crippen molar-refractivity contribution >= 4 is 5.82 Å². The number of nitrogens with one attached hydrogen (secondary N) is 1. The Bertz CT molecular complexity index is 472. The first-order chi connectivity index (χ1) is 10.5. The SMILES string of the molecule is CCc1ncnc(NCC(C(C)C)N2CCN(C)CC2)c1F. The van der Waals surface area contributed by atoms with Crippen LogP contribution >= 0.6 is 0 Å². The molecule has 1 aromatic heterocycles. The zero-order chi connectivity index (χ0) is 16.1. The van der Waals surface area contributed by atoms with Crippen LogP contribution < -0.4 is 5.32 Å². The van der Waals surface area contributed by atoms with Gasteiger partial charge in [-0.2, -0.15) is 0 Å². The Kier molecular flexibility index (Phi) is 6.08. The molecule has 0 aromatic carbocycles. The maximum atomic E-state index is 14.2. The highest BCUT2D eigenvalue weighted by molar-refractivity contribution is 5.37. The highest BCUT2D eigenvalue weighted by Crippen LogP contribution is 2.17. The predicted octanol–water partition coefficient (Wildman–Crippen LogP) is 1.86. The number of hydrogen-bond acceptors (Lipinski definition) is 5. The van der Waals surface area contributed by atoms with Crippen LogP contribution in [0.3, 0.4) is 0 Å². The van der Waals surface area contributed by atoms with Gasteiger partial charge in [0, 0.05) is 38.8 Å². The molecule has 124 valence electrons. The Labute approximate surface area is 132 Å². The summed E-state index contributed by atoms with van der Waals surface area (Å²) in [6.45, 7) is 11.4. The van der Waals surface area contributed by atoms with E-state index in [2.05, 4.69) is 46.0 Å². The summed E-state index contributed by atoms with van der Waals surface area (Å²) in [5.41, 5.74) is 0.471. The molecule has 1 unspecified atom stereocenters. The molecule has 1 aliphatic rings. The lowest BCUT2D eigenvalue weighted by Crippen LogP contribution is -2.52. The predicted molar refractivity (Wildman–Crippen MR) is 87.6 cm³/mol. The molecule has 0 bridgehead atoms. The smallest absolute Gasteiger partial charge is 0.186 e. The molecule has 1 atom stereocenters. The number of hydrogen-bond donors (Lipinski definition) is 1. The minimum atomic E-state index is -0.314. The first kappa shape index (κ1) is 17.1. The van der Waals surface area contributed by atoms with Gasteiger partial charge in [-0.1, -0.05) is 20.8 Å². The largest absolute Gasteiger partial charge is 0.366 e. The van der Waals surface area contributed by atoms with Crippen molar-refractivity contribution < 1.29 is 4.39 Å². The van der Waals surface area contributed by atoms with Gasteiger partial charge in [0.05, 0.1) is 5.69 Å². The highest BCUT2D eigenvalue weighted by Gasteiger charge is 2.25. The number of anilines is 1. The van der Waals surface area contributed by atoms with Gasteiger partial charge in [-0.15, -0.1) is 0 Å². The molecule has 5 nitrogen and oxygen atoms in total. The molecule has 2 heterocycles. The van der Waals surface area contributed by atoms with E-state index in [1.165, 1.54) is 6.33 Å². The molecule has 0 aliphatic carbocycles. The summed E-state index contributed by atoms with van der Waals surface area (Å²) in [7, 11) is 2.16. The lowest BCUT2D eigenvalue weighted by molar-refractivity contribution is 0.0943. The van der Waals surface area contributed by atoms with Crippen LogP contribution in [0.15, 0.2) is 6.33 Å². The Morgan fingerprint density at radius 3 is 2.50 bits per heavy atom. The Hall–Kier alpha value is -1.27. The van der Waals surface area contributed by atoms with Gasteiger partial charge in [-0.05, 0) is 19.4 Å². The van der Waals surface area contributed by atoms with Gasteiger partial charge < -0.3 is 10.2 Å². The minimum absolute atomic E-state index is 0.314. The molecule has 2 rings (SSSR count). The number of aryl methyl sites for hydroxylation is 1. The van der Waals surface area contributed by atoms with Crippen LogP contribution in [-0.2, 0) is 6.42 Å². The second kappa shape index (κ2) is 7.83. The topological polar surface area (TPSA) is 44.3 Å². The maximum Gasteiger partial charge on any atom is 0.186 e. The second-order valence-electron chi connectivity index (χ2n) is 6.37. The molecule has 0 saturated carbocycles. The summed E-state index contributed by atoms with van der Waals surface area (Å²) >= 11 is 0. The lowest BCUT2D eigenvalue weighted by atomic mass is 10.0.